The predicted octanol–water partition coefficient (Wildman–Crippen LogP) is 3.44. The number of piperidine rings is 1. The largest absolute Gasteiger partial charge is 0.497 e. The smallest absolute Gasteiger partial charge is 0.253 e. The number of ether oxygens (including phenoxy) is 1. The lowest BCUT2D eigenvalue weighted by Gasteiger charge is -2.32. The molecule has 1 saturated heterocycles. The van der Waals surface area contributed by atoms with Gasteiger partial charge in [0.1, 0.15) is 5.75 Å². The van der Waals surface area contributed by atoms with Crippen LogP contribution in [-0.4, -0.2) is 41.9 Å². The van der Waals surface area contributed by atoms with E-state index in [0.29, 0.717) is 18.7 Å². The topological polar surface area (TPSA) is 71.5 Å². The lowest BCUT2D eigenvalue weighted by molar-refractivity contribution is -0.124. The minimum absolute atomic E-state index is 0.0310. The molecule has 1 aliphatic heterocycles. The molecule has 2 amide bonds. The van der Waals surface area contributed by atoms with E-state index >= 15 is 0 Å². The highest BCUT2D eigenvalue weighted by atomic mass is 32.1. The van der Waals surface area contributed by atoms with Crippen LogP contribution >= 0.6 is 11.3 Å². The average molecular weight is 402 g/mol. The summed E-state index contributed by atoms with van der Waals surface area (Å²) in [5.74, 6) is 1.04. The standard InChI is InChI=1S/C21H27N3O3S/c1-14(2)19(25)22-11-17-13-28-20(23-17)16-5-4-10-24(12-16)21(26)15-6-8-18(27-3)9-7-15/h6-9,13-14,16H,4-5,10-12H2,1-3H3,(H,22,25)/t16-/m0/s1. The maximum absolute atomic E-state index is 12.8. The van der Waals surface area contributed by atoms with Gasteiger partial charge < -0.3 is 15.0 Å². The molecule has 2 aromatic rings. The molecule has 1 aromatic heterocycles. The first kappa shape index (κ1) is 20.3. The highest BCUT2D eigenvalue weighted by molar-refractivity contribution is 7.09. The van der Waals surface area contributed by atoms with E-state index in [4.69, 9.17) is 9.72 Å². The number of benzene rings is 1. The fraction of sp³-hybridized carbons (Fsp3) is 0.476. The van der Waals surface area contributed by atoms with Crippen LogP contribution in [0.2, 0.25) is 0 Å². The molecule has 0 spiro atoms. The highest BCUT2D eigenvalue weighted by Gasteiger charge is 2.27. The minimum atomic E-state index is -0.0334. The highest BCUT2D eigenvalue weighted by Crippen LogP contribution is 2.30. The summed E-state index contributed by atoms with van der Waals surface area (Å²) < 4.78 is 5.16. The van der Waals surface area contributed by atoms with E-state index in [1.807, 2.05) is 48.4 Å². The first-order valence-corrected chi connectivity index (χ1v) is 10.5. The molecule has 1 aliphatic rings. The van der Waals surface area contributed by atoms with Crippen molar-refractivity contribution in [2.75, 3.05) is 20.2 Å². The Morgan fingerprint density at radius 3 is 2.75 bits per heavy atom. The molecule has 28 heavy (non-hydrogen) atoms. The van der Waals surface area contributed by atoms with Crippen LogP contribution < -0.4 is 10.1 Å². The molecule has 0 saturated carbocycles. The second-order valence-corrected chi connectivity index (χ2v) is 8.26. The van der Waals surface area contributed by atoms with Gasteiger partial charge in [-0.25, -0.2) is 4.98 Å². The molecular formula is C21H27N3O3S. The number of hydrogen-bond acceptors (Lipinski definition) is 5. The fourth-order valence-corrected chi connectivity index (χ4v) is 4.20. The quantitative estimate of drug-likeness (QED) is 0.805. The predicted molar refractivity (Wildman–Crippen MR) is 110 cm³/mol. The van der Waals surface area contributed by atoms with Gasteiger partial charge in [0.05, 0.1) is 24.4 Å². The van der Waals surface area contributed by atoms with Crippen LogP contribution in [0.3, 0.4) is 0 Å². The van der Waals surface area contributed by atoms with Gasteiger partial charge in [-0.15, -0.1) is 11.3 Å². The molecule has 6 nitrogen and oxygen atoms in total. The molecular weight excluding hydrogens is 374 g/mol. The van der Waals surface area contributed by atoms with Crippen LogP contribution in [0.4, 0.5) is 0 Å². The van der Waals surface area contributed by atoms with Crippen molar-refractivity contribution in [3.05, 3.63) is 45.9 Å². The van der Waals surface area contributed by atoms with Gasteiger partial charge in [-0.1, -0.05) is 13.8 Å². The number of carbonyl (C=O) groups excluding carboxylic acids is 2. The molecule has 0 radical (unpaired) electrons. The molecule has 0 aliphatic carbocycles. The normalized spacial score (nSPS) is 16.9. The minimum Gasteiger partial charge on any atom is -0.497 e. The van der Waals surface area contributed by atoms with E-state index in [1.54, 1.807) is 18.4 Å². The zero-order chi connectivity index (χ0) is 20.1. The van der Waals surface area contributed by atoms with Gasteiger partial charge in [0, 0.05) is 35.9 Å². The summed E-state index contributed by atoms with van der Waals surface area (Å²) in [7, 11) is 1.61. The third-order valence-electron chi connectivity index (χ3n) is 4.93. The third kappa shape index (κ3) is 4.90. The number of methoxy groups -OCH3 is 1. The van der Waals surface area contributed by atoms with Crippen molar-refractivity contribution in [1.82, 2.24) is 15.2 Å². The van der Waals surface area contributed by atoms with Gasteiger partial charge in [0.2, 0.25) is 5.91 Å². The number of rotatable bonds is 6. The first-order chi connectivity index (χ1) is 13.5. The Hall–Kier alpha value is -2.41. The first-order valence-electron chi connectivity index (χ1n) is 9.63. The fourth-order valence-electron chi connectivity index (χ4n) is 3.25. The average Bonchev–Trinajstić information content (AvgIpc) is 3.20. The molecule has 0 bridgehead atoms. The summed E-state index contributed by atoms with van der Waals surface area (Å²) in [6.07, 6.45) is 1.99. The second-order valence-electron chi connectivity index (χ2n) is 7.37. The van der Waals surface area contributed by atoms with E-state index < -0.39 is 0 Å². The second kappa shape index (κ2) is 9.19. The van der Waals surface area contributed by atoms with Crippen molar-refractivity contribution >= 4 is 23.2 Å². The van der Waals surface area contributed by atoms with Gasteiger partial charge in [0.15, 0.2) is 0 Å². The Balaban J connectivity index is 1.61. The number of hydrogen-bond donors (Lipinski definition) is 1. The van der Waals surface area contributed by atoms with Crippen molar-refractivity contribution in [3.63, 3.8) is 0 Å². The van der Waals surface area contributed by atoms with Crippen molar-refractivity contribution in [3.8, 4) is 5.75 Å². The number of amides is 2. The Bertz CT molecular complexity index is 817. The molecule has 150 valence electrons. The van der Waals surface area contributed by atoms with Crippen LogP contribution in [0.1, 0.15) is 53.7 Å². The summed E-state index contributed by atoms with van der Waals surface area (Å²) in [5.41, 5.74) is 1.56. The van der Waals surface area contributed by atoms with E-state index in [-0.39, 0.29) is 23.7 Å². The molecule has 1 aromatic carbocycles. The molecule has 3 rings (SSSR count). The number of thiazole rings is 1. The van der Waals surface area contributed by atoms with Crippen molar-refractivity contribution in [2.24, 2.45) is 5.92 Å². The van der Waals surface area contributed by atoms with Gasteiger partial charge >= 0.3 is 0 Å². The summed E-state index contributed by atoms with van der Waals surface area (Å²) in [5, 5.41) is 5.95. The maximum atomic E-state index is 12.8. The van der Waals surface area contributed by atoms with Crippen LogP contribution in [0, 0.1) is 5.92 Å². The zero-order valence-electron chi connectivity index (χ0n) is 16.6. The summed E-state index contributed by atoms with van der Waals surface area (Å²) >= 11 is 1.61. The van der Waals surface area contributed by atoms with Crippen LogP contribution in [0.15, 0.2) is 29.6 Å². The maximum Gasteiger partial charge on any atom is 0.253 e. The number of nitrogens with zero attached hydrogens (tertiary/aromatic N) is 2. The molecule has 0 unspecified atom stereocenters. The van der Waals surface area contributed by atoms with Crippen molar-refractivity contribution < 1.29 is 14.3 Å². The van der Waals surface area contributed by atoms with Crippen molar-refractivity contribution in [1.29, 1.82) is 0 Å². The number of nitrogens with one attached hydrogen (secondary N) is 1. The van der Waals surface area contributed by atoms with Gasteiger partial charge in [-0.05, 0) is 37.1 Å². The van der Waals surface area contributed by atoms with E-state index in [2.05, 4.69) is 5.32 Å². The SMILES string of the molecule is COc1ccc(C(=O)N2CCC[C@H](c3nc(CNC(=O)C(C)C)cs3)C2)cc1. The van der Waals surface area contributed by atoms with Crippen LogP contribution in [0.5, 0.6) is 5.75 Å². The molecule has 1 N–H and O–H groups in total. The van der Waals surface area contributed by atoms with E-state index in [0.717, 1.165) is 35.8 Å². The summed E-state index contributed by atoms with van der Waals surface area (Å²) in [4.78, 5) is 31.2. The molecule has 2 heterocycles. The molecule has 1 atom stereocenters. The van der Waals surface area contributed by atoms with Gasteiger partial charge in [-0.3, -0.25) is 9.59 Å². The molecule has 1 fully saturated rings. The lowest BCUT2D eigenvalue weighted by Crippen LogP contribution is -2.39. The number of likely N-dealkylation sites (tertiary alicyclic amines) is 1. The zero-order valence-corrected chi connectivity index (χ0v) is 17.4. The summed E-state index contributed by atoms with van der Waals surface area (Å²) in [6, 6.07) is 7.24. The Labute approximate surface area is 169 Å². The lowest BCUT2D eigenvalue weighted by atomic mass is 9.98. The third-order valence-corrected chi connectivity index (χ3v) is 5.99. The van der Waals surface area contributed by atoms with E-state index in [1.165, 1.54) is 0 Å². The number of carbonyl (C=O) groups is 2. The van der Waals surface area contributed by atoms with Gasteiger partial charge in [0.25, 0.3) is 5.91 Å². The monoisotopic (exact) mass is 401 g/mol. The molecule has 7 heteroatoms. The van der Waals surface area contributed by atoms with Crippen LogP contribution in [-0.2, 0) is 11.3 Å². The Morgan fingerprint density at radius 1 is 1.32 bits per heavy atom. The number of aromatic nitrogens is 1. The summed E-state index contributed by atoms with van der Waals surface area (Å²) in [6.45, 7) is 5.64. The van der Waals surface area contributed by atoms with Crippen LogP contribution in [0.25, 0.3) is 0 Å². The van der Waals surface area contributed by atoms with Crippen molar-refractivity contribution in [2.45, 2.75) is 39.2 Å². The van der Waals surface area contributed by atoms with Gasteiger partial charge in [-0.2, -0.15) is 0 Å². The Kier molecular flexibility index (Phi) is 6.67. The Morgan fingerprint density at radius 2 is 2.07 bits per heavy atom. The van der Waals surface area contributed by atoms with E-state index in [9.17, 15) is 9.59 Å².